The van der Waals surface area contributed by atoms with Crippen molar-refractivity contribution in [3.05, 3.63) is 235 Å². The normalized spacial score (nSPS) is 13.7. The first kappa shape index (κ1) is 41.5. The van der Waals surface area contributed by atoms with E-state index in [4.69, 9.17) is 24.9 Å². The number of hydrogen-bond acceptors (Lipinski definition) is 5. The summed E-state index contributed by atoms with van der Waals surface area (Å²) in [5, 5.41) is 2.53. The minimum Gasteiger partial charge on any atom is -0.228 e. The molecule has 0 spiro atoms. The van der Waals surface area contributed by atoms with E-state index in [9.17, 15) is 0 Å². The van der Waals surface area contributed by atoms with Crippen LogP contribution in [0, 0.1) is 0 Å². The molecule has 0 saturated heterocycles. The Morgan fingerprint density at radius 3 is 1.36 bits per heavy atom. The summed E-state index contributed by atoms with van der Waals surface area (Å²) >= 11 is 0. The van der Waals surface area contributed by atoms with Crippen LogP contribution in [0.25, 0.3) is 112 Å². The lowest BCUT2D eigenvalue weighted by Crippen LogP contribution is -2.15. The van der Waals surface area contributed by atoms with Gasteiger partial charge in [-0.2, -0.15) is 0 Å². The second-order valence-corrected chi connectivity index (χ2v) is 19.7. The summed E-state index contributed by atoms with van der Waals surface area (Å²) in [6.45, 7) is 9.29. The van der Waals surface area contributed by atoms with Gasteiger partial charge in [-0.3, -0.25) is 0 Å². The molecule has 5 nitrogen and oxygen atoms in total. The van der Waals surface area contributed by atoms with Gasteiger partial charge in [-0.1, -0.05) is 198 Å². The van der Waals surface area contributed by atoms with Gasteiger partial charge in [0.1, 0.15) is 0 Å². The topological polar surface area (TPSA) is 64.5 Å². The lowest BCUT2D eigenvalue weighted by atomic mass is 9.81. The first-order chi connectivity index (χ1) is 34.2. The van der Waals surface area contributed by atoms with Gasteiger partial charge in [0.05, 0.1) is 11.4 Å². The van der Waals surface area contributed by atoms with Crippen molar-refractivity contribution in [2.75, 3.05) is 0 Å². The Hall–Kier alpha value is -8.67. The van der Waals surface area contributed by atoms with Gasteiger partial charge in [-0.15, -0.1) is 0 Å². The highest BCUT2D eigenvalue weighted by molar-refractivity contribution is 5.94. The fourth-order valence-corrected chi connectivity index (χ4v) is 10.9. The molecular weight excluding hydrogens is 851 g/mol. The molecule has 9 aromatic carbocycles. The minimum absolute atomic E-state index is 0.0920. The lowest BCUT2D eigenvalue weighted by Gasteiger charge is -2.22. The van der Waals surface area contributed by atoms with Crippen LogP contribution in [0.3, 0.4) is 0 Å². The van der Waals surface area contributed by atoms with E-state index in [-0.39, 0.29) is 10.8 Å². The number of rotatable bonds is 7. The smallest absolute Gasteiger partial charge is 0.164 e. The van der Waals surface area contributed by atoms with Gasteiger partial charge < -0.3 is 0 Å². The molecule has 0 saturated carbocycles. The lowest BCUT2D eigenvalue weighted by molar-refractivity contribution is 0.660. The predicted molar refractivity (Wildman–Crippen MR) is 286 cm³/mol. The van der Waals surface area contributed by atoms with Gasteiger partial charge in [0.15, 0.2) is 23.3 Å². The second kappa shape index (κ2) is 16.0. The van der Waals surface area contributed by atoms with E-state index in [1.165, 1.54) is 55.3 Å². The molecule has 2 aliphatic rings. The maximum absolute atomic E-state index is 5.25. The van der Waals surface area contributed by atoms with Crippen LogP contribution >= 0.6 is 0 Å². The summed E-state index contributed by atoms with van der Waals surface area (Å²) in [5.74, 6) is 2.57. The quantitative estimate of drug-likeness (QED) is 0.159. The zero-order chi connectivity index (χ0) is 47.1. The zero-order valence-electron chi connectivity index (χ0n) is 39.4. The van der Waals surface area contributed by atoms with E-state index in [2.05, 4.69) is 204 Å². The zero-order valence-corrected chi connectivity index (χ0v) is 39.4. The highest BCUT2D eigenvalue weighted by atomic mass is 15.0. The molecule has 0 amide bonds. The molecule has 0 fully saturated rings. The SMILES string of the molecule is CC1(C)c2ccccc2-c2cc(-c3nc(-c4ccccc4)nc(-c4cccc(-c5cccc(-c6cc(-c7ccc8c(c7)C(C)(C)c7cc9ccccc9cc7-8)nc(-c7ccccc7)n6)c5)c4)n3)ccc21. The highest BCUT2D eigenvalue weighted by Gasteiger charge is 2.37. The van der Waals surface area contributed by atoms with Crippen molar-refractivity contribution in [2.45, 2.75) is 38.5 Å². The van der Waals surface area contributed by atoms with Crippen molar-refractivity contribution in [1.29, 1.82) is 0 Å². The second-order valence-electron chi connectivity index (χ2n) is 19.7. The number of fused-ring (bicyclic) bond motifs is 7. The highest BCUT2D eigenvalue weighted by Crippen LogP contribution is 2.52. The van der Waals surface area contributed by atoms with Crippen LogP contribution in [0.1, 0.15) is 49.9 Å². The van der Waals surface area contributed by atoms with Gasteiger partial charge in [0, 0.05) is 44.2 Å². The third kappa shape index (κ3) is 6.88. The third-order valence-corrected chi connectivity index (χ3v) is 14.7. The Kier molecular flexibility index (Phi) is 9.47. The maximum atomic E-state index is 5.25. The summed E-state index contributed by atoms with van der Waals surface area (Å²) in [5.41, 5.74) is 19.8. The number of nitrogens with zero attached hydrogens (tertiary/aromatic N) is 5. The molecule has 70 heavy (non-hydrogen) atoms. The molecule has 0 radical (unpaired) electrons. The molecule has 0 N–H and O–H groups in total. The molecule has 0 bridgehead atoms. The number of hydrogen-bond donors (Lipinski definition) is 0. The van der Waals surface area contributed by atoms with Crippen LogP contribution < -0.4 is 0 Å². The summed E-state index contributed by atoms with van der Waals surface area (Å²) in [7, 11) is 0. The first-order valence-electron chi connectivity index (χ1n) is 24.1. The van der Waals surface area contributed by atoms with Crippen molar-refractivity contribution >= 4 is 10.8 Å². The molecule has 0 aliphatic heterocycles. The van der Waals surface area contributed by atoms with Crippen LogP contribution in [-0.2, 0) is 10.8 Å². The van der Waals surface area contributed by atoms with Crippen LogP contribution in [0.4, 0.5) is 0 Å². The standard InChI is InChI=1S/C65H47N5/c1-64(2)54-28-14-13-27-50(54)52-36-49(30-32-55(52)64)63-69-61(41-19-9-6-10-20-41)68-62(70-63)48-26-16-24-43(34-48)42-23-15-25-46(33-42)58-39-59(67-60(66-58)40-17-7-5-8-18-40)47-29-31-51-53-35-44-21-11-12-22-45(44)37-57(53)65(3,4)56(51)38-47/h5-39H,1-4H3. The van der Waals surface area contributed by atoms with Gasteiger partial charge in [0.2, 0.25) is 0 Å². The van der Waals surface area contributed by atoms with Gasteiger partial charge in [0.25, 0.3) is 0 Å². The molecule has 5 heteroatoms. The average molecular weight is 898 g/mol. The monoisotopic (exact) mass is 897 g/mol. The number of benzene rings is 9. The van der Waals surface area contributed by atoms with E-state index >= 15 is 0 Å². The number of aromatic nitrogens is 5. The summed E-state index contributed by atoms with van der Waals surface area (Å²) in [4.78, 5) is 25.9. The van der Waals surface area contributed by atoms with Crippen molar-refractivity contribution in [3.8, 4) is 101 Å². The largest absolute Gasteiger partial charge is 0.228 e. The first-order valence-corrected chi connectivity index (χ1v) is 24.1. The Balaban J connectivity index is 0.888. The fourth-order valence-electron chi connectivity index (χ4n) is 10.9. The Morgan fingerprint density at radius 1 is 0.243 bits per heavy atom. The van der Waals surface area contributed by atoms with Crippen molar-refractivity contribution in [1.82, 2.24) is 24.9 Å². The maximum Gasteiger partial charge on any atom is 0.164 e. The van der Waals surface area contributed by atoms with Crippen molar-refractivity contribution < 1.29 is 0 Å². The summed E-state index contributed by atoms with van der Waals surface area (Å²) in [6, 6.07) is 75.4. The van der Waals surface area contributed by atoms with Crippen molar-refractivity contribution in [3.63, 3.8) is 0 Å². The summed E-state index contributed by atoms with van der Waals surface area (Å²) < 4.78 is 0. The minimum atomic E-state index is -0.177. The average Bonchev–Trinajstić information content (AvgIpc) is 3.78. The molecule has 13 rings (SSSR count). The van der Waals surface area contributed by atoms with Crippen LogP contribution in [0.5, 0.6) is 0 Å². The molecule has 0 atom stereocenters. The van der Waals surface area contributed by atoms with Gasteiger partial charge >= 0.3 is 0 Å². The van der Waals surface area contributed by atoms with Crippen molar-refractivity contribution in [2.24, 2.45) is 0 Å². The molecule has 2 heterocycles. The van der Waals surface area contributed by atoms with E-state index in [0.717, 1.165) is 55.9 Å². The van der Waals surface area contributed by atoms with Gasteiger partial charge in [-0.05, 0) is 109 Å². The Morgan fingerprint density at radius 2 is 0.671 bits per heavy atom. The van der Waals surface area contributed by atoms with E-state index in [0.29, 0.717) is 23.3 Å². The molecular formula is C65H47N5. The molecule has 0 unspecified atom stereocenters. The fraction of sp³-hybridized carbons (Fsp3) is 0.0923. The van der Waals surface area contributed by atoms with E-state index < -0.39 is 0 Å². The van der Waals surface area contributed by atoms with Crippen LogP contribution in [-0.4, -0.2) is 24.9 Å². The molecule has 332 valence electrons. The molecule has 2 aliphatic carbocycles. The van der Waals surface area contributed by atoms with E-state index in [1.54, 1.807) is 0 Å². The Labute approximate surface area is 408 Å². The molecule has 2 aromatic heterocycles. The predicted octanol–water partition coefficient (Wildman–Crippen LogP) is 16.1. The molecule has 11 aromatic rings. The summed E-state index contributed by atoms with van der Waals surface area (Å²) in [6.07, 6.45) is 0. The van der Waals surface area contributed by atoms with Crippen LogP contribution in [0.2, 0.25) is 0 Å². The van der Waals surface area contributed by atoms with Crippen LogP contribution in [0.15, 0.2) is 212 Å². The Bertz CT molecular complexity index is 3890. The third-order valence-electron chi connectivity index (χ3n) is 14.7. The van der Waals surface area contributed by atoms with Gasteiger partial charge in [-0.25, -0.2) is 24.9 Å². The van der Waals surface area contributed by atoms with E-state index in [1.807, 2.05) is 36.4 Å².